The third-order valence-electron chi connectivity index (χ3n) is 1.51. The highest BCUT2D eigenvalue weighted by molar-refractivity contribution is 5.24. The van der Waals surface area contributed by atoms with Gasteiger partial charge in [-0.1, -0.05) is 0 Å². The molecule has 0 aliphatic heterocycles. The summed E-state index contributed by atoms with van der Waals surface area (Å²) in [6.07, 6.45) is 3.32. The molecule has 72 valence electrons. The molecule has 0 aromatic carbocycles. The van der Waals surface area contributed by atoms with Crippen LogP contribution in [-0.2, 0) is 0 Å². The number of nitrogen functional groups attached to an aromatic ring is 1. The molecule has 7 nitrogen and oxygen atoms in total. The van der Waals surface area contributed by atoms with E-state index in [0.717, 1.165) is 0 Å². The predicted octanol–water partition coefficient (Wildman–Crippen LogP) is -0.352. The lowest BCUT2D eigenvalue weighted by Gasteiger charge is -2.02. The van der Waals surface area contributed by atoms with Gasteiger partial charge in [0.15, 0.2) is 0 Å². The van der Waals surface area contributed by atoms with E-state index in [1.54, 1.807) is 18.5 Å². The van der Waals surface area contributed by atoms with E-state index in [4.69, 9.17) is 10.5 Å². The van der Waals surface area contributed by atoms with Crippen molar-refractivity contribution in [1.82, 2.24) is 24.7 Å². The van der Waals surface area contributed by atoms with Gasteiger partial charge in [-0.3, -0.25) is 0 Å². The Bertz CT molecular complexity index is 426. The maximum atomic E-state index is 5.46. The van der Waals surface area contributed by atoms with Crippen molar-refractivity contribution in [2.75, 3.05) is 12.8 Å². The monoisotopic (exact) mass is 192 g/mol. The van der Waals surface area contributed by atoms with Crippen LogP contribution in [0.25, 0.3) is 5.95 Å². The molecule has 0 saturated carbocycles. The van der Waals surface area contributed by atoms with Crippen molar-refractivity contribution in [2.24, 2.45) is 0 Å². The summed E-state index contributed by atoms with van der Waals surface area (Å²) >= 11 is 0. The minimum Gasteiger partial charge on any atom is -0.467 e. The number of anilines is 1. The summed E-state index contributed by atoms with van der Waals surface area (Å²) in [6.45, 7) is 0. The number of hydrogen-bond donors (Lipinski definition) is 1. The van der Waals surface area contributed by atoms with E-state index in [1.807, 2.05) is 0 Å². The number of aromatic nitrogens is 5. The van der Waals surface area contributed by atoms with Crippen LogP contribution in [-0.4, -0.2) is 31.8 Å². The van der Waals surface area contributed by atoms with Gasteiger partial charge in [-0.2, -0.15) is 20.1 Å². The number of hydrogen-bond acceptors (Lipinski definition) is 6. The van der Waals surface area contributed by atoms with Crippen molar-refractivity contribution in [1.29, 1.82) is 0 Å². The molecule has 2 aromatic rings. The second-order valence-corrected chi connectivity index (χ2v) is 2.43. The minimum atomic E-state index is 0.0994. The van der Waals surface area contributed by atoms with Crippen LogP contribution in [0.15, 0.2) is 18.5 Å². The average Bonchev–Trinajstić information content (AvgIpc) is 2.69. The summed E-state index contributed by atoms with van der Waals surface area (Å²) in [5, 5.41) is 3.96. The smallest absolute Gasteiger partial charge is 0.322 e. The molecule has 7 heteroatoms. The van der Waals surface area contributed by atoms with Crippen molar-refractivity contribution in [3.63, 3.8) is 0 Å². The highest BCUT2D eigenvalue weighted by Crippen LogP contribution is 2.06. The number of methoxy groups -OCH3 is 1. The third kappa shape index (κ3) is 1.47. The Hall–Kier alpha value is -2.18. The molecule has 0 amide bonds. The molecule has 0 bridgehead atoms. The zero-order valence-electron chi connectivity index (χ0n) is 7.45. The van der Waals surface area contributed by atoms with Crippen molar-refractivity contribution >= 4 is 5.95 Å². The Balaban J connectivity index is 2.48. The van der Waals surface area contributed by atoms with Gasteiger partial charge in [-0.05, 0) is 6.07 Å². The number of ether oxygens (including phenoxy) is 1. The lowest BCUT2D eigenvalue weighted by atomic mass is 10.7. The van der Waals surface area contributed by atoms with Crippen LogP contribution in [0.3, 0.4) is 0 Å². The van der Waals surface area contributed by atoms with E-state index in [1.165, 1.54) is 11.8 Å². The van der Waals surface area contributed by atoms with Gasteiger partial charge in [0.05, 0.1) is 7.11 Å². The molecule has 14 heavy (non-hydrogen) atoms. The fraction of sp³-hybridized carbons (Fsp3) is 0.143. The molecule has 2 rings (SSSR count). The number of nitrogens with zero attached hydrogens (tertiary/aromatic N) is 5. The molecule has 0 radical (unpaired) electrons. The van der Waals surface area contributed by atoms with Crippen molar-refractivity contribution in [3.8, 4) is 12.0 Å². The van der Waals surface area contributed by atoms with Crippen LogP contribution in [0.2, 0.25) is 0 Å². The lowest BCUT2D eigenvalue weighted by Crippen LogP contribution is -2.07. The second-order valence-electron chi connectivity index (χ2n) is 2.43. The van der Waals surface area contributed by atoms with E-state index in [9.17, 15) is 0 Å². The fourth-order valence-electron chi connectivity index (χ4n) is 0.942. The summed E-state index contributed by atoms with van der Waals surface area (Å²) < 4.78 is 6.32. The molecule has 2 heterocycles. The van der Waals surface area contributed by atoms with E-state index >= 15 is 0 Å². The molecule has 0 spiro atoms. The van der Waals surface area contributed by atoms with E-state index in [2.05, 4.69) is 20.1 Å². The fourth-order valence-corrected chi connectivity index (χ4v) is 0.942. The minimum absolute atomic E-state index is 0.0994. The second kappa shape index (κ2) is 3.29. The van der Waals surface area contributed by atoms with E-state index < -0.39 is 0 Å². The van der Waals surface area contributed by atoms with Gasteiger partial charge in [0, 0.05) is 12.4 Å². The SMILES string of the molecule is COc1nc(N)nc(-n2cccn2)n1. The molecule has 0 atom stereocenters. The topological polar surface area (TPSA) is 91.7 Å². The van der Waals surface area contributed by atoms with Crippen LogP contribution in [0.5, 0.6) is 6.01 Å². The molecule has 2 aromatic heterocycles. The number of rotatable bonds is 2. The Morgan fingerprint density at radius 1 is 1.36 bits per heavy atom. The Morgan fingerprint density at radius 3 is 2.86 bits per heavy atom. The molecule has 0 saturated heterocycles. The van der Waals surface area contributed by atoms with Gasteiger partial charge in [0.1, 0.15) is 0 Å². The zero-order valence-corrected chi connectivity index (χ0v) is 7.45. The molecular formula is C7H8N6O. The van der Waals surface area contributed by atoms with Gasteiger partial charge in [-0.15, -0.1) is 0 Å². The van der Waals surface area contributed by atoms with Crippen LogP contribution in [0, 0.1) is 0 Å². The highest BCUT2D eigenvalue weighted by atomic mass is 16.5. The van der Waals surface area contributed by atoms with Gasteiger partial charge in [0.25, 0.3) is 5.95 Å². The largest absolute Gasteiger partial charge is 0.467 e. The van der Waals surface area contributed by atoms with Crippen LogP contribution in [0.1, 0.15) is 0 Å². The predicted molar refractivity (Wildman–Crippen MR) is 47.9 cm³/mol. The van der Waals surface area contributed by atoms with Crippen LogP contribution >= 0.6 is 0 Å². The molecule has 0 unspecified atom stereocenters. The maximum Gasteiger partial charge on any atom is 0.322 e. The maximum absolute atomic E-state index is 5.46. The van der Waals surface area contributed by atoms with Crippen LogP contribution < -0.4 is 10.5 Å². The van der Waals surface area contributed by atoms with E-state index in [-0.39, 0.29) is 12.0 Å². The summed E-state index contributed by atoms with van der Waals surface area (Å²) in [7, 11) is 1.46. The quantitative estimate of drug-likeness (QED) is 0.699. The normalized spacial score (nSPS) is 10.1. The van der Waals surface area contributed by atoms with Gasteiger partial charge >= 0.3 is 6.01 Å². The molecule has 0 aliphatic carbocycles. The standard InChI is InChI=1S/C7H8N6O/c1-14-7-11-5(8)10-6(12-7)13-4-2-3-9-13/h2-4H,1H3,(H2,8,10,11,12). The van der Waals surface area contributed by atoms with Gasteiger partial charge in [0.2, 0.25) is 5.95 Å². The van der Waals surface area contributed by atoms with Crippen LogP contribution in [0.4, 0.5) is 5.95 Å². The summed E-state index contributed by atoms with van der Waals surface area (Å²) in [5.74, 6) is 0.432. The molecule has 0 fully saturated rings. The first-order valence-corrected chi connectivity index (χ1v) is 3.85. The first-order chi connectivity index (χ1) is 6.79. The Labute approximate surface area is 79.6 Å². The van der Waals surface area contributed by atoms with Crippen molar-refractivity contribution < 1.29 is 4.74 Å². The van der Waals surface area contributed by atoms with Crippen molar-refractivity contribution in [2.45, 2.75) is 0 Å². The number of nitrogens with two attached hydrogens (primary N) is 1. The summed E-state index contributed by atoms with van der Waals surface area (Å²) in [4.78, 5) is 11.6. The van der Waals surface area contributed by atoms with Gasteiger partial charge < -0.3 is 10.5 Å². The first-order valence-electron chi connectivity index (χ1n) is 3.85. The van der Waals surface area contributed by atoms with E-state index in [0.29, 0.717) is 5.95 Å². The average molecular weight is 192 g/mol. The molecule has 2 N–H and O–H groups in total. The highest BCUT2D eigenvalue weighted by Gasteiger charge is 2.05. The van der Waals surface area contributed by atoms with Gasteiger partial charge in [-0.25, -0.2) is 4.68 Å². The molecule has 0 aliphatic rings. The molecular weight excluding hydrogens is 184 g/mol. The summed E-state index contributed by atoms with van der Waals surface area (Å²) in [6, 6.07) is 1.93. The van der Waals surface area contributed by atoms with Crippen molar-refractivity contribution in [3.05, 3.63) is 18.5 Å². The lowest BCUT2D eigenvalue weighted by molar-refractivity contribution is 0.377. The Morgan fingerprint density at radius 2 is 2.21 bits per heavy atom. The Kier molecular flexibility index (Phi) is 1.98. The zero-order chi connectivity index (χ0) is 9.97. The third-order valence-corrected chi connectivity index (χ3v) is 1.51. The first kappa shape index (κ1) is 8.42. The summed E-state index contributed by atoms with van der Waals surface area (Å²) in [5.41, 5.74) is 5.46.